The van der Waals surface area contributed by atoms with Crippen molar-refractivity contribution >= 4 is 27.5 Å². The lowest BCUT2D eigenvalue weighted by molar-refractivity contribution is -0.150. The monoisotopic (exact) mass is 266 g/mol. The summed E-state index contributed by atoms with van der Waals surface area (Å²) >= 11 is 1.51. The van der Waals surface area contributed by atoms with E-state index in [1.54, 1.807) is 13.8 Å². The van der Waals surface area contributed by atoms with E-state index in [1.165, 1.54) is 17.7 Å². The van der Waals surface area contributed by atoms with E-state index in [0.29, 0.717) is 12.5 Å². The third-order valence-corrected chi connectivity index (χ3v) is 3.48. The Bertz CT molecular complexity index is 567. The van der Waals surface area contributed by atoms with Crippen molar-refractivity contribution in [1.29, 1.82) is 0 Å². The van der Waals surface area contributed by atoms with Crippen molar-refractivity contribution in [3.05, 3.63) is 17.3 Å². The number of carbonyl (C=O) groups excluding carboxylic acids is 1. The van der Waals surface area contributed by atoms with Crippen LogP contribution in [-0.2, 0) is 9.53 Å². The molecule has 2 rings (SSSR count). The summed E-state index contributed by atoms with van der Waals surface area (Å²) in [5.41, 5.74) is 1.94. The van der Waals surface area contributed by atoms with E-state index in [-0.39, 0.29) is 0 Å². The fourth-order valence-electron chi connectivity index (χ4n) is 1.51. The lowest BCUT2D eigenvalue weighted by Crippen LogP contribution is -2.26. The number of thiophene rings is 1. The zero-order valence-electron chi connectivity index (χ0n) is 10.5. The quantitative estimate of drug-likeness (QED) is 0.795. The fourth-order valence-corrected chi connectivity index (χ4v) is 2.44. The van der Waals surface area contributed by atoms with Crippen LogP contribution in [0.15, 0.2) is 11.7 Å². The summed E-state index contributed by atoms with van der Waals surface area (Å²) in [7, 11) is 0. The van der Waals surface area contributed by atoms with Crippen LogP contribution in [0.25, 0.3) is 10.2 Å². The molecule has 5 nitrogen and oxygen atoms in total. The number of nitrogens with zero attached hydrogens (tertiary/aromatic N) is 2. The maximum atomic E-state index is 11.5. The van der Waals surface area contributed by atoms with Crippen LogP contribution in [0.4, 0.5) is 0 Å². The van der Waals surface area contributed by atoms with Gasteiger partial charge in [-0.1, -0.05) is 0 Å². The molecule has 6 heteroatoms. The van der Waals surface area contributed by atoms with Gasteiger partial charge in [-0.3, -0.25) is 0 Å². The first-order valence-corrected chi connectivity index (χ1v) is 6.53. The molecule has 0 bridgehead atoms. The third kappa shape index (κ3) is 2.43. The molecule has 96 valence electrons. The Morgan fingerprint density at radius 1 is 1.50 bits per heavy atom. The van der Waals surface area contributed by atoms with Crippen LogP contribution in [-0.4, -0.2) is 28.6 Å². The maximum absolute atomic E-state index is 11.5. The second kappa shape index (κ2) is 5.30. The number of rotatable bonds is 4. The molecule has 0 aliphatic rings. The van der Waals surface area contributed by atoms with Crippen molar-refractivity contribution in [2.75, 3.05) is 6.61 Å². The highest BCUT2D eigenvalue weighted by molar-refractivity contribution is 7.17. The number of esters is 1. The molecule has 0 amide bonds. The van der Waals surface area contributed by atoms with Crippen LogP contribution < -0.4 is 4.74 Å². The lowest BCUT2D eigenvalue weighted by Gasteiger charge is -2.12. The van der Waals surface area contributed by atoms with Crippen LogP contribution in [0.3, 0.4) is 0 Å². The van der Waals surface area contributed by atoms with Gasteiger partial charge in [0.05, 0.1) is 12.1 Å². The molecule has 0 fully saturated rings. The van der Waals surface area contributed by atoms with Gasteiger partial charge in [0, 0.05) is 0 Å². The Balaban J connectivity index is 2.24. The Morgan fingerprint density at radius 2 is 2.28 bits per heavy atom. The lowest BCUT2D eigenvalue weighted by atomic mass is 10.3. The van der Waals surface area contributed by atoms with Crippen LogP contribution in [0.5, 0.6) is 5.88 Å². The van der Waals surface area contributed by atoms with Gasteiger partial charge in [-0.2, -0.15) is 0 Å². The van der Waals surface area contributed by atoms with E-state index < -0.39 is 12.1 Å². The molecule has 0 aliphatic carbocycles. The summed E-state index contributed by atoms with van der Waals surface area (Å²) < 4.78 is 11.3. The minimum absolute atomic E-state index is 0.337. The van der Waals surface area contributed by atoms with Gasteiger partial charge >= 0.3 is 5.97 Å². The van der Waals surface area contributed by atoms with E-state index in [2.05, 4.69) is 9.97 Å². The second-order valence-electron chi connectivity index (χ2n) is 3.79. The molecule has 2 heterocycles. The Morgan fingerprint density at radius 3 is 3.00 bits per heavy atom. The molecule has 0 aliphatic heterocycles. The summed E-state index contributed by atoms with van der Waals surface area (Å²) in [4.78, 5) is 19.8. The van der Waals surface area contributed by atoms with Gasteiger partial charge in [-0.15, -0.1) is 11.3 Å². The van der Waals surface area contributed by atoms with Crippen LogP contribution in [0.1, 0.15) is 19.4 Å². The average molecular weight is 266 g/mol. The number of carbonyl (C=O) groups is 1. The topological polar surface area (TPSA) is 61.3 Å². The Kier molecular flexibility index (Phi) is 3.76. The number of hydrogen-bond donors (Lipinski definition) is 0. The molecule has 2 aromatic rings. The maximum Gasteiger partial charge on any atom is 0.347 e. The smallest absolute Gasteiger partial charge is 0.347 e. The van der Waals surface area contributed by atoms with Crippen LogP contribution >= 0.6 is 11.3 Å². The van der Waals surface area contributed by atoms with Crippen LogP contribution in [0, 0.1) is 6.92 Å². The van der Waals surface area contributed by atoms with E-state index >= 15 is 0 Å². The standard InChI is InChI=1S/C12H14N2O3S/c1-4-16-12(15)8(3)17-11-10-9(13-6-14-11)7(2)5-18-10/h5-6,8H,4H2,1-3H3. The summed E-state index contributed by atoms with van der Waals surface area (Å²) in [6.45, 7) is 5.72. The van der Waals surface area contributed by atoms with E-state index in [4.69, 9.17) is 9.47 Å². The van der Waals surface area contributed by atoms with Crippen molar-refractivity contribution in [2.45, 2.75) is 26.9 Å². The van der Waals surface area contributed by atoms with Crippen molar-refractivity contribution in [1.82, 2.24) is 9.97 Å². The fraction of sp³-hybridized carbons (Fsp3) is 0.417. The molecule has 1 atom stereocenters. The molecule has 1 unspecified atom stereocenters. The molecule has 0 N–H and O–H groups in total. The van der Waals surface area contributed by atoms with Gasteiger partial charge in [-0.05, 0) is 31.7 Å². The largest absolute Gasteiger partial charge is 0.463 e. The van der Waals surface area contributed by atoms with E-state index in [0.717, 1.165) is 15.8 Å². The zero-order valence-corrected chi connectivity index (χ0v) is 11.3. The molecule has 0 saturated carbocycles. The highest BCUT2D eigenvalue weighted by Gasteiger charge is 2.18. The summed E-state index contributed by atoms with van der Waals surface area (Å²) in [5, 5.41) is 1.99. The first kappa shape index (κ1) is 12.8. The number of hydrogen-bond acceptors (Lipinski definition) is 6. The number of ether oxygens (including phenoxy) is 2. The van der Waals surface area contributed by atoms with Crippen molar-refractivity contribution in [3.63, 3.8) is 0 Å². The van der Waals surface area contributed by atoms with E-state index in [9.17, 15) is 4.79 Å². The van der Waals surface area contributed by atoms with Crippen molar-refractivity contribution in [2.24, 2.45) is 0 Å². The van der Waals surface area contributed by atoms with E-state index in [1.807, 2.05) is 12.3 Å². The molecule has 0 saturated heterocycles. The zero-order chi connectivity index (χ0) is 13.1. The van der Waals surface area contributed by atoms with Gasteiger partial charge in [0.15, 0.2) is 6.10 Å². The summed E-state index contributed by atoms with van der Waals surface area (Å²) in [6.07, 6.45) is 0.764. The Hall–Kier alpha value is -1.69. The number of aromatic nitrogens is 2. The first-order chi connectivity index (χ1) is 8.63. The molecular formula is C12H14N2O3S. The molecule has 0 radical (unpaired) electrons. The highest BCUT2D eigenvalue weighted by atomic mass is 32.1. The predicted octanol–water partition coefficient (Wildman–Crippen LogP) is 2.33. The Labute approximate surface area is 109 Å². The third-order valence-electron chi connectivity index (χ3n) is 2.41. The van der Waals surface area contributed by atoms with Gasteiger partial charge in [0.2, 0.25) is 5.88 Å². The van der Waals surface area contributed by atoms with Crippen LogP contribution in [0.2, 0.25) is 0 Å². The molecule has 2 aromatic heterocycles. The highest BCUT2D eigenvalue weighted by Crippen LogP contribution is 2.30. The average Bonchev–Trinajstić information content (AvgIpc) is 2.73. The van der Waals surface area contributed by atoms with Crippen molar-refractivity contribution in [3.8, 4) is 5.88 Å². The minimum Gasteiger partial charge on any atom is -0.463 e. The summed E-state index contributed by atoms with van der Waals surface area (Å²) in [6, 6.07) is 0. The minimum atomic E-state index is -0.676. The molecule has 0 spiro atoms. The first-order valence-electron chi connectivity index (χ1n) is 5.65. The molecular weight excluding hydrogens is 252 g/mol. The predicted molar refractivity (Wildman–Crippen MR) is 68.9 cm³/mol. The number of fused-ring (bicyclic) bond motifs is 1. The normalized spacial score (nSPS) is 12.4. The van der Waals surface area contributed by atoms with Gasteiger partial charge < -0.3 is 9.47 Å². The molecule has 18 heavy (non-hydrogen) atoms. The SMILES string of the molecule is CCOC(=O)C(C)Oc1ncnc2c(C)csc12. The second-order valence-corrected chi connectivity index (χ2v) is 4.67. The number of aryl methyl sites for hydroxylation is 1. The van der Waals surface area contributed by atoms with Gasteiger partial charge in [-0.25, -0.2) is 14.8 Å². The summed E-state index contributed by atoms with van der Waals surface area (Å²) in [5.74, 6) is 0.0381. The molecule has 0 aromatic carbocycles. The van der Waals surface area contributed by atoms with Gasteiger partial charge in [0.1, 0.15) is 11.0 Å². The van der Waals surface area contributed by atoms with Crippen molar-refractivity contribution < 1.29 is 14.3 Å². The van der Waals surface area contributed by atoms with Gasteiger partial charge in [0.25, 0.3) is 0 Å².